The van der Waals surface area contributed by atoms with Crippen LogP contribution in [-0.4, -0.2) is 9.97 Å². The monoisotopic (exact) mass is 719 g/mol. The fourth-order valence-corrected chi connectivity index (χ4v) is 5.31. The Kier molecular flexibility index (Phi) is 7.67. The molecule has 0 saturated carbocycles. The summed E-state index contributed by atoms with van der Waals surface area (Å²) in [5.41, 5.74) is 7.99. The Morgan fingerprint density at radius 2 is 1.38 bits per heavy atom. The Labute approximate surface area is 258 Å². The third kappa shape index (κ3) is 5.00. The summed E-state index contributed by atoms with van der Waals surface area (Å²) in [6, 6.07) is 43.5. The molecule has 0 fully saturated rings. The van der Waals surface area contributed by atoms with Crippen molar-refractivity contribution in [1.29, 1.82) is 0 Å². The summed E-state index contributed by atoms with van der Waals surface area (Å²) in [5, 5.41) is 7.01. The standard InChI is InChI=1S/C27H18NO.C11H8N.Ir/c1-16-14-24(28-15-17(16)2)23-9-5-8-21-22-13-12-19-11-10-18-6-3-4-7-20(18)25(19)27(22)29-26(21)23;1-2-6-10(7-3-1)11-8-4-5-9-12-11;/h3-8,10-15H,1-2H3;1-6,8-9H;/q2*-1;. The van der Waals surface area contributed by atoms with Gasteiger partial charge in [-0.15, -0.1) is 54.1 Å². The van der Waals surface area contributed by atoms with Crippen molar-refractivity contribution in [3.63, 3.8) is 0 Å². The molecule has 4 heteroatoms. The van der Waals surface area contributed by atoms with Crippen LogP contribution in [-0.2, 0) is 20.1 Å². The van der Waals surface area contributed by atoms with Gasteiger partial charge in [0.15, 0.2) is 0 Å². The summed E-state index contributed by atoms with van der Waals surface area (Å²) in [6.07, 6.45) is 3.71. The fourth-order valence-electron chi connectivity index (χ4n) is 5.31. The van der Waals surface area contributed by atoms with Crippen LogP contribution in [0.25, 0.3) is 66.0 Å². The maximum absolute atomic E-state index is 6.56. The average molecular weight is 719 g/mol. The zero-order valence-electron chi connectivity index (χ0n) is 23.2. The quantitative estimate of drug-likeness (QED) is 0.132. The van der Waals surface area contributed by atoms with E-state index in [1.54, 1.807) is 6.20 Å². The molecule has 5 aromatic carbocycles. The summed E-state index contributed by atoms with van der Waals surface area (Å²) < 4.78 is 6.56. The van der Waals surface area contributed by atoms with E-state index in [1.165, 1.54) is 27.3 Å². The third-order valence-corrected chi connectivity index (χ3v) is 7.58. The summed E-state index contributed by atoms with van der Waals surface area (Å²) in [6.45, 7) is 4.19. The van der Waals surface area contributed by atoms with E-state index in [9.17, 15) is 0 Å². The van der Waals surface area contributed by atoms with Crippen molar-refractivity contribution in [2.75, 3.05) is 0 Å². The van der Waals surface area contributed by atoms with Crippen molar-refractivity contribution in [1.82, 2.24) is 9.97 Å². The van der Waals surface area contributed by atoms with Crippen LogP contribution in [0.5, 0.6) is 0 Å². The molecule has 0 amide bonds. The first-order valence-corrected chi connectivity index (χ1v) is 13.7. The molecule has 0 aliphatic heterocycles. The molecule has 0 spiro atoms. The number of benzene rings is 5. The first kappa shape index (κ1) is 27.5. The van der Waals surface area contributed by atoms with E-state index in [0.717, 1.165) is 49.8 Å². The van der Waals surface area contributed by atoms with Crippen molar-refractivity contribution < 1.29 is 24.5 Å². The van der Waals surface area contributed by atoms with Crippen LogP contribution >= 0.6 is 0 Å². The van der Waals surface area contributed by atoms with Gasteiger partial charge in [0.2, 0.25) is 0 Å². The predicted molar refractivity (Wildman–Crippen MR) is 169 cm³/mol. The Bertz CT molecular complexity index is 2130. The molecule has 3 aromatic heterocycles. The molecule has 8 aromatic rings. The molecule has 0 atom stereocenters. The second-order valence-corrected chi connectivity index (χ2v) is 10.2. The van der Waals surface area contributed by atoms with Gasteiger partial charge in [0.1, 0.15) is 5.58 Å². The van der Waals surface area contributed by atoms with Crippen LogP contribution < -0.4 is 0 Å². The van der Waals surface area contributed by atoms with Crippen molar-refractivity contribution >= 4 is 43.5 Å². The molecule has 0 aliphatic rings. The number of aryl methyl sites for hydroxylation is 2. The van der Waals surface area contributed by atoms with E-state index in [4.69, 9.17) is 4.42 Å². The van der Waals surface area contributed by atoms with Crippen LogP contribution in [0.3, 0.4) is 0 Å². The molecule has 3 nitrogen and oxygen atoms in total. The van der Waals surface area contributed by atoms with Crippen LogP contribution in [0.4, 0.5) is 0 Å². The van der Waals surface area contributed by atoms with Gasteiger partial charge in [-0.1, -0.05) is 83.2 Å². The minimum absolute atomic E-state index is 0. The predicted octanol–water partition coefficient (Wildman–Crippen LogP) is 9.92. The van der Waals surface area contributed by atoms with Crippen LogP contribution in [0, 0.1) is 26.0 Å². The van der Waals surface area contributed by atoms with Crippen molar-refractivity contribution in [3.05, 3.63) is 145 Å². The average Bonchev–Trinajstić information content (AvgIpc) is 3.42. The van der Waals surface area contributed by atoms with E-state index in [1.807, 2.05) is 54.7 Å². The van der Waals surface area contributed by atoms with Gasteiger partial charge in [0.05, 0.1) is 5.58 Å². The van der Waals surface area contributed by atoms with Gasteiger partial charge in [-0.3, -0.25) is 0 Å². The first-order chi connectivity index (χ1) is 20.2. The molecular weight excluding hydrogens is 693 g/mol. The fraction of sp³-hybridized carbons (Fsp3) is 0.0526. The maximum atomic E-state index is 6.56. The normalized spacial score (nSPS) is 10.9. The zero-order valence-corrected chi connectivity index (χ0v) is 25.6. The Morgan fingerprint density at radius 3 is 2.19 bits per heavy atom. The van der Waals surface area contributed by atoms with E-state index in [2.05, 4.69) is 96.6 Å². The smallest absolute Gasteiger partial charge is 0.129 e. The number of aromatic nitrogens is 2. The molecular formula is C38H26IrN2O-2. The van der Waals surface area contributed by atoms with Crippen molar-refractivity contribution in [2.45, 2.75) is 13.8 Å². The molecule has 0 bridgehead atoms. The zero-order chi connectivity index (χ0) is 27.8. The summed E-state index contributed by atoms with van der Waals surface area (Å²) in [5.74, 6) is 0. The van der Waals surface area contributed by atoms with Gasteiger partial charge in [-0.25, -0.2) is 0 Å². The number of nitrogens with zero attached hydrogens (tertiary/aromatic N) is 2. The number of rotatable bonds is 2. The van der Waals surface area contributed by atoms with Gasteiger partial charge in [-0.05, 0) is 53.0 Å². The molecule has 0 unspecified atom stereocenters. The van der Waals surface area contributed by atoms with Crippen molar-refractivity contribution in [2.24, 2.45) is 0 Å². The number of pyridine rings is 2. The molecule has 205 valence electrons. The number of hydrogen-bond acceptors (Lipinski definition) is 3. The summed E-state index contributed by atoms with van der Waals surface area (Å²) in [7, 11) is 0. The minimum atomic E-state index is 0. The summed E-state index contributed by atoms with van der Waals surface area (Å²) >= 11 is 0. The van der Waals surface area contributed by atoms with Gasteiger partial charge in [-0.2, -0.15) is 0 Å². The Hall–Kier alpha value is -4.63. The molecule has 1 radical (unpaired) electrons. The Morgan fingerprint density at radius 1 is 0.595 bits per heavy atom. The van der Waals surface area contributed by atoms with Gasteiger partial charge >= 0.3 is 0 Å². The third-order valence-electron chi connectivity index (χ3n) is 7.58. The molecule has 0 N–H and O–H groups in total. The van der Waals surface area contributed by atoms with Gasteiger partial charge in [0.25, 0.3) is 0 Å². The topological polar surface area (TPSA) is 38.9 Å². The van der Waals surface area contributed by atoms with E-state index in [-0.39, 0.29) is 20.1 Å². The number of furan rings is 1. The first-order valence-electron chi connectivity index (χ1n) is 13.7. The number of hydrogen-bond donors (Lipinski definition) is 0. The van der Waals surface area contributed by atoms with Crippen LogP contribution in [0.15, 0.2) is 126 Å². The van der Waals surface area contributed by atoms with Gasteiger partial charge in [0, 0.05) is 43.3 Å². The second-order valence-electron chi connectivity index (χ2n) is 10.2. The number of fused-ring (bicyclic) bond motifs is 7. The second kappa shape index (κ2) is 11.7. The minimum Gasteiger partial charge on any atom is -0.500 e. The molecule has 8 rings (SSSR count). The van der Waals surface area contributed by atoms with Crippen LogP contribution in [0.1, 0.15) is 11.1 Å². The van der Waals surface area contributed by atoms with Crippen molar-refractivity contribution in [3.8, 4) is 22.5 Å². The van der Waals surface area contributed by atoms with E-state index >= 15 is 0 Å². The van der Waals surface area contributed by atoms with Gasteiger partial charge < -0.3 is 14.4 Å². The molecule has 0 saturated heterocycles. The van der Waals surface area contributed by atoms with E-state index < -0.39 is 0 Å². The maximum Gasteiger partial charge on any atom is 0.129 e. The molecule has 0 aliphatic carbocycles. The largest absolute Gasteiger partial charge is 0.500 e. The van der Waals surface area contributed by atoms with E-state index in [0.29, 0.717) is 0 Å². The molecule has 42 heavy (non-hydrogen) atoms. The van der Waals surface area contributed by atoms with Crippen LogP contribution in [0.2, 0.25) is 0 Å². The Balaban J connectivity index is 0.000000205. The SMILES string of the molecule is Cc1cnc(-c2[c-]ccc3c2oc2c3ccc3ccc4ccccc4c32)cc1C.[Ir].[c-]1ccccc1-c1ccccn1. The summed E-state index contributed by atoms with van der Waals surface area (Å²) in [4.78, 5) is 8.87. The molecule has 3 heterocycles.